The molecule has 0 radical (unpaired) electrons. The van der Waals surface area contributed by atoms with Gasteiger partial charge in [0.25, 0.3) is 11.8 Å². The van der Waals surface area contributed by atoms with E-state index >= 15 is 0 Å². The first-order valence-corrected chi connectivity index (χ1v) is 11.0. The summed E-state index contributed by atoms with van der Waals surface area (Å²) in [4.78, 5) is 39.0. The summed E-state index contributed by atoms with van der Waals surface area (Å²) in [5.74, 6) is 0.130. The zero-order valence-corrected chi connectivity index (χ0v) is 18.6. The first-order valence-electron chi connectivity index (χ1n) is 11.0. The van der Waals surface area contributed by atoms with Gasteiger partial charge in [0.2, 0.25) is 5.91 Å². The van der Waals surface area contributed by atoms with Crippen LogP contribution >= 0.6 is 0 Å². The Bertz CT molecular complexity index is 1120. The lowest BCUT2D eigenvalue weighted by atomic mass is 10.1. The summed E-state index contributed by atoms with van der Waals surface area (Å²) in [6, 6.07) is 17.2. The Labute approximate surface area is 197 Å². The summed E-state index contributed by atoms with van der Waals surface area (Å²) in [6.45, 7) is 2.57. The van der Waals surface area contributed by atoms with Crippen molar-refractivity contribution in [3.8, 4) is 0 Å². The number of carbonyl (C=O) groups is 3. The molecule has 4 rings (SSSR count). The Morgan fingerprint density at radius 2 is 1.68 bits per heavy atom. The number of furan rings is 1. The number of nitrogens with one attached hydrogen (secondary N) is 3. The zero-order valence-electron chi connectivity index (χ0n) is 18.6. The van der Waals surface area contributed by atoms with E-state index in [0.717, 1.165) is 0 Å². The maximum absolute atomic E-state index is 12.5. The number of morpholine rings is 1. The number of amides is 3. The van der Waals surface area contributed by atoms with E-state index < -0.39 is 0 Å². The van der Waals surface area contributed by atoms with Gasteiger partial charge in [0, 0.05) is 35.6 Å². The molecule has 1 aromatic heterocycles. The molecule has 9 nitrogen and oxygen atoms in total. The van der Waals surface area contributed by atoms with E-state index in [1.54, 1.807) is 71.8 Å². The van der Waals surface area contributed by atoms with E-state index in [1.165, 1.54) is 0 Å². The van der Waals surface area contributed by atoms with E-state index in [1.807, 2.05) is 0 Å². The van der Waals surface area contributed by atoms with Crippen molar-refractivity contribution >= 4 is 29.1 Å². The van der Waals surface area contributed by atoms with E-state index in [2.05, 4.69) is 16.0 Å². The number of hydrogen-bond acceptors (Lipinski definition) is 6. The molecule has 176 valence electrons. The van der Waals surface area contributed by atoms with E-state index in [4.69, 9.17) is 9.15 Å². The van der Waals surface area contributed by atoms with Gasteiger partial charge in [-0.25, -0.2) is 0 Å². The summed E-state index contributed by atoms with van der Waals surface area (Å²) in [5.41, 5.74) is 2.28. The molecule has 3 amide bonds. The summed E-state index contributed by atoms with van der Waals surface area (Å²) >= 11 is 0. The highest BCUT2D eigenvalue weighted by Crippen LogP contribution is 2.14. The predicted molar refractivity (Wildman–Crippen MR) is 127 cm³/mol. The van der Waals surface area contributed by atoms with Crippen molar-refractivity contribution in [3.63, 3.8) is 0 Å². The largest absolute Gasteiger partial charge is 0.467 e. The number of anilines is 2. The third-order valence-electron chi connectivity index (χ3n) is 5.30. The van der Waals surface area contributed by atoms with Crippen molar-refractivity contribution in [2.45, 2.75) is 6.54 Å². The maximum Gasteiger partial charge on any atom is 0.254 e. The number of hydrogen-bond donors (Lipinski definition) is 3. The van der Waals surface area contributed by atoms with Gasteiger partial charge in [0.05, 0.1) is 32.6 Å². The van der Waals surface area contributed by atoms with Crippen molar-refractivity contribution in [3.05, 3.63) is 83.8 Å². The molecule has 34 heavy (non-hydrogen) atoms. The maximum atomic E-state index is 12.5. The van der Waals surface area contributed by atoms with Crippen LogP contribution in [0.3, 0.4) is 0 Å². The van der Waals surface area contributed by atoms with Gasteiger partial charge in [-0.3, -0.25) is 14.4 Å². The minimum Gasteiger partial charge on any atom is -0.467 e. The second-order valence-electron chi connectivity index (χ2n) is 7.73. The Morgan fingerprint density at radius 1 is 0.882 bits per heavy atom. The quantitative estimate of drug-likeness (QED) is 0.475. The number of carbonyl (C=O) groups excluding carboxylic acids is 3. The molecule has 1 aliphatic heterocycles. The van der Waals surface area contributed by atoms with E-state index in [9.17, 15) is 14.4 Å². The van der Waals surface area contributed by atoms with Gasteiger partial charge >= 0.3 is 0 Å². The van der Waals surface area contributed by atoms with Crippen LogP contribution in [0.1, 0.15) is 26.5 Å². The highest BCUT2D eigenvalue weighted by molar-refractivity contribution is 5.97. The number of ether oxygens (including phenoxy) is 1. The molecule has 3 aromatic rings. The molecule has 0 spiro atoms. The van der Waals surface area contributed by atoms with Gasteiger partial charge in [-0.2, -0.15) is 0 Å². The highest BCUT2D eigenvalue weighted by atomic mass is 16.5. The number of nitrogens with zero attached hydrogens (tertiary/aromatic N) is 1. The van der Waals surface area contributed by atoms with Crippen LogP contribution in [0.15, 0.2) is 71.3 Å². The standard InChI is InChI=1S/C25H26N4O5/c30-23(28-20-8-6-18(7-9-20)25(32)29-10-13-33-14-11-29)17-26-21-4-1-3-19(15-21)24(31)27-16-22-5-2-12-34-22/h1-9,12,15,26H,10-11,13-14,16-17H2,(H,27,31)(H,28,30). The molecule has 0 atom stereocenters. The Morgan fingerprint density at radius 3 is 2.41 bits per heavy atom. The van der Waals surface area contributed by atoms with Crippen molar-refractivity contribution < 1.29 is 23.5 Å². The third kappa shape index (κ3) is 6.23. The molecule has 9 heteroatoms. The summed E-state index contributed by atoms with van der Waals surface area (Å²) < 4.78 is 10.5. The van der Waals surface area contributed by atoms with E-state index in [-0.39, 0.29) is 24.3 Å². The second-order valence-corrected chi connectivity index (χ2v) is 7.73. The SMILES string of the molecule is O=C(CNc1cccc(C(=O)NCc2ccco2)c1)Nc1ccc(C(=O)N2CCOCC2)cc1. The van der Waals surface area contributed by atoms with Gasteiger partial charge in [0.1, 0.15) is 5.76 Å². The van der Waals surface area contributed by atoms with Crippen molar-refractivity contribution in [2.75, 3.05) is 43.5 Å². The molecular weight excluding hydrogens is 436 g/mol. The zero-order chi connectivity index (χ0) is 23.8. The van der Waals surface area contributed by atoms with Crippen LogP contribution < -0.4 is 16.0 Å². The van der Waals surface area contributed by atoms with Crippen LogP contribution in [0.2, 0.25) is 0 Å². The monoisotopic (exact) mass is 462 g/mol. The molecule has 2 heterocycles. The van der Waals surface area contributed by atoms with Crippen LogP contribution in [0.5, 0.6) is 0 Å². The molecule has 0 saturated carbocycles. The van der Waals surface area contributed by atoms with Gasteiger partial charge < -0.3 is 30.0 Å². The normalized spacial score (nSPS) is 13.2. The Hall–Kier alpha value is -4.11. The fourth-order valence-electron chi connectivity index (χ4n) is 3.49. The van der Waals surface area contributed by atoms with Crippen LogP contribution in [0.4, 0.5) is 11.4 Å². The van der Waals surface area contributed by atoms with Crippen LogP contribution in [-0.2, 0) is 16.1 Å². The Kier molecular flexibility index (Phi) is 7.56. The van der Waals surface area contributed by atoms with Gasteiger partial charge in [-0.15, -0.1) is 0 Å². The highest BCUT2D eigenvalue weighted by Gasteiger charge is 2.18. The summed E-state index contributed by atoms with van der Waals surface area (Å²) in [5, 5.41) is 8.60. The molecular formula is C25H26N4O5. The first-order chi connectivity index (χ1) is 16.6. The van der Waals surface area contributed by atoms with Crippen LogP contribution in [0.25, 0.3) is 0 Å². The smallest absolute Gasteiger partial charge is 0.254 e. The Balaban J connectivity index is 1.25. The minimum absolute atomic E-state index is 0.0198. The van der Waals surface area contributed by atoms with E-state index in [0.29, 0.717) is 61.1 Å². The van der Waals surface area contributed by atoms with Crippen LogP contribution in [0, 0.1) is 0 Å². The lowest BCUT2D eigenvalue weighted by molar-refractivity contribution is -0.114. The predicted octanol–water partition coefficient (Wildman–Crippen LogP) is 2.73. The molecule has 3 N–H and O–H groups in total. The third-order valence-corrected chi connectivity index (χ3v) is 5.30. The van der Waals surface area contributed by atoms with Gasteiger partial charge in [0.15, 0.2) is 0 Å². The van der Waals surface area contributed by atoms with Crippen molar-refractivity contribution in [1.82, 2.24) is 10.2 Å². The fraction of sp³-hybridized carbons (Fsp3) is 0.240. The van der Waals surface area contributed by atoms with Gasteiger partial charge in [-0.05, 0) is 54.6 Å². The van der Waals surface area contributed by atoms with Crippen LogP contribution in [-0.4, -0.2) is 55.5 Å². The van der Waals surface area contributed by atoms with Crippen molar-refractivity contribution in [1.29, 1.82) is 0 Å². The topological polar surface area (TPSA) is 113 Å². The average molecular weight is 463 g/mol. The summed E-state index contributed by atoms with van der Waals surface area (Å²) in [7, 11) is 0. The first kappa shape index (κ1) is 23.1. The molecule has 0 aliphatic carbocycles. The number of benzene rings is 2. The average Bonchev–Trinajstić information content (AvgIpc) is 3.41. The second kappa shape index (κ2) is 11.2. The van der Waals surface area contributed by atoms with Gasteiger partial charge in [-0.1, -0.05) is 6.07 Å². The molecule has 1 aliphatic rings. The molecule has 0 bridgehead atoms. The lowest BCUT2D eigenvalue weighted by Gasteiger charge is -2.26. The molecule has 1 saturated heterocycles. The fourth-order valence-corrected chi connectivity index (χ4v) is 3.49. The molecule has 1 fully saturated rings. The summed E-state index contributed by atoms with van der Waals surface area (Å²) in [6.07, 6.45) is 1.55. The molecule has 0 unspecified atom stereocenters. The lowest BCUT2D eigenvalue weighted by Crippen LogP contribution is -2.40. The minimum atomic E-state index is -0.250. The van der Waals surface area contributed by atoms with Crippen molar-refractivity contribution in [2.24, 2.45) is 0 Å². The molecule has 2 aromatic carbocycles. The number of rotatable bonds is 8.